The summed E-state index contributed by atoms with van der Waals surface area (Å²) in [6, 6.07) is 18.8. The summed E-state index contributed by atoms with van der Waals surface area (Å²) < 4.78 is 0. The molecule has 0 saturated heterocycles. The lowest BCUT2D eigenvalue weighted by molar-refractivity contribution is 0.589. The summed E-state index contributed by atoms with van der Waals surface area (Å²) in [5.74, 6) is 0. The second kappa shape index (κ2) is 6.99. The van der Waals surface area contributed by atoms with E-state index in [0.29, 0.717) is 11.3 Å². The van der Waals surface area contributed by atoms with Crippen LogP contribution >= 0.6 is 23.4 Å². The molecule has 2 rings (SSSR count). The van der Waals surface area contributed by atoms with Crippen LogP contribution in [-0.2, 0) is 0 Å². The van der Waals surface area contributed by atoms with Gasteiger partial charge in [-0.2, -0.15) is 0 Å². The average molecular weight is 292 g/mol. The molecule has 19 heavy (non-hydrogen) atoms. The second-order valence-corrected chi connectivity index (χ2v) is 6.26. The van der Waals surface area contributed by atoms with Gasteiger partial charge in [-0.1, -0.05) is 61.0 Å². The fraction of sp³-hybridized carbons (Fsp3) is 0.250. The molecule has 0 amide bonds. The molecule has 0 saturated carbocycles. The molecule has 0 fully saturated rings. The fourth-order valence-corrected chi connectivity index (χ4v) is 3.58. The minimum absolute atomic E-state index is 0.308. The van der Waals surface area contributed by atoms with Gasteiger partial charge in [-0.25, -0.2) is 0 Å². The molecule has 100 valence electrons. The van der Waals surface area contributed by atoms with Gasteiger partial charge in [0.2, 0.25) is 0 Å². The van der Waals surface area contributed by atoms with Crippen LogP contribution < -0.4 is 5.32 Å². The number of thioether (sulfide) groups is 1. The van der Waals surface area contributed by atoms with Crippen molar-refractivity contribution in [3.63, 3.8) is 0 Å². The highest BCUT2D eigenvalue weighted by atomic mass is 35.5. The van der Waals surface area contributed by atoms with E-state index in [-0.39, 0.29) is 0 Å². The summed E-state index contributed by atoms with van der Waals surface area (Å²) in [7, 11) is 2.00. The van der Waals surface area contributed by atoms with E-state index in [1.807, 2.05) is 31.3 Å². The van der Waals surface area contributed by atoms with Gasteiger partial charge in [0.1, 0.15) is 0 Å². The van der Waals surface area contributed by atoms with E-state index in [1.165, 1.54) is 5.56 Å². The van der Waals surface area contributed by atoms with E-state index < -0.39 is 0 Å². The Bertz CT molecular complexity index is 515. The van der Waals surface area contributed by atoms with Crippen LogP contribution in [0.25, 0.3) is 0 Å². The zero-order chi connectivity index (χ0) is 13.7. The standard InChI is InChI=1S/C16H18ClNS/c1-12(19-15-11-7-6-10-14(15)17)16(18-2)13-8-4-3-5-9-13/h3-12,16,18H,1-2H3. The first-order chi connectivity index (χ1) is 9.22. The largest absolute Gasteiger partial charge is 0.312 e. The molecular weight excluding hydrogens is 274 g/mol. The lowest BCUT2D eigenvalue weighted by atomic mass is 10.0. The van der Waals surface area contributed by atoms with Crippen LogP contribution in [-0.4, -0.2) is 12.3 Å². The van der Waals surface area contributed by atoms with Crippen LogP contribution in [0.15, 0.2) is 59.5 Å². The van der Waals surface area contributed by atoms with Crippen LogP contribution in [0.3, 0.4) is 0 Å². The Labute approximate surface area is 124 Å². The Morgan fingerprint density at radius 1 is 1.00 bits per heavy atom. The van der Waals surface area contributed by atoms with Gasteiger partial charge in [-0.05, 0) is 24.7 Å². The third-order valence-corrected chi connectivity index (χ3v) is 4.78. The Balaban J connectivity index is 2.14. The van der Waals surface area contributed by atoms with Crippen molar-refractivity contribution >= 4 is 23.4 Å². The fourth-order valence-electron chi connectivity index (χ4n) is 2.14. The Morgan fingerprint density at radius 2 is 1.63 bits per heavy atom. The van der Waals surface area contributed by atoms with E-state index >= 15 is 0 Å². The summed E-state index contributed by atoms with van der Waals surface area (Å²) in [6.45, 7) is 2.22. The third kappa shape index (κ3) is 3.75. The van der Waals surface area contributed by atoms with Crippen molar-refractivity contribution in [3.05, 3.63) is 65.2 Å². The number of hydrogen-bond donors (Lipinski definition) is 1. The van der Waals surface area contributed by atoms with Crippen molar-refractivity contribution in [3.8, 4) is 0 Å². The molecular formula is C16H18ClNS. The van der Waals surface area contributed by atoms with Crippen molar-refractivity contribution in [1.29, 1.82) is 0 Å². The maximum Gasteiger partial charge on any atom is 0.0541 e. The van der Waals surface area contributed by atoms with Crippen molar-refractivity contribution in [2.75, 3.05) is 7.05 Å². The summed E-state index contributed by atoms with van der Waals surface area (Å²) in [5.41, 5.74) is 1.30. The molecule has 2 unspecified atom stereocenters. The van der Waals surface area contributed by atoms with Gasteiger partial charge in [0.05, 0.1) is 5.02 Å². The van der Waals surface area contributed by atoms with E-state index in [0.717, 1.165) is 9.92 Å². The predicted molar refractivity (Wildman–Crippen MR) is 85.0 cm³/mol. The Morgan fingerprint density at radius 3 is 2.26 bits per heavy atom. The molecule has 0 spiro atoms. The van der Waals surface area contributed by atoms with Gasteiger partial charge in [0.15, 0.2) is 0 Å². The van der Waals surface area contributed by atoms with Gasteiger partial charge >= 0.3 is 0 Å². The number of nitrogens with one attached hydrogen (secondary N) is 1. The van der Waals surface area contributed by atoms with Crippen molar-refractivity contribution in [2.24, 2.45) is 0 Å². The highest BCUT2D eigenvalue weighted by Crippen LogP contribution is 2.35. The molecule has 0 aliphatic rings. The number of benzene rings is 2. The second-order valence-electron chi connectivity index (χ2n) is 4.43. The first-order valence-electron chi connectivity index (χ1n) is 6.35. The van der Waals surface area contributed by atoms with Gasteiger partial charge in [-0.15, -0.1) is 11.8 Å². The minimum Gasteiger partial charge on any atom is -0.312 e. The monoisotopic (exact) mass is 291 g/mol. The maximum absolute atomic E-state index is 6.22. The Hall–Kier alpha value is -0.960. The molecule has 0 radical (unpaired) electrons. The quantitative estimate of drug-likeness (QED) is 0.796. The van der Waals surface area contributed by atoms with Crippen molar-refractivity contribution in [1.82, 2.24) is 5.32 Å². The highest BCUT2D eigenvalue weighted by Gasteiger charge is 2.19. The van der Waals surface area contributed by atoms with Crippen LogP contribution in [0.5, 0.6) is 0 Å². The van der Waals surface area contributed by atoms with Gasteiger partial charge in [-0.3, -0.25) is 0 Å². The number of hydrogen-bond acceptors (Lipinski definition) is 2. The molecule has 0 aromatic heterocycles. The summed E-state index contributed by atoms with van der Waals surface area (Å²) in [4.78, 5) is 1.13. The van der Waals surface area contributed by atoms with E-state index in [4.69, 9.17) is 11.6 Å². The lowest BCUT2D eigenvalue weighted by Crippen LogP contribution is -2.25. The third-order valence-electron chi connectivity index (χ3n) is 3.09. The average Bonchev–Trinajstić information content (AvgIpc) is 2.43. The highest BCUT2D eigenvalue weighted by molar-refractivity contribution is 8.00. The van der Waals surface area contributed by atoms with Crippen LogP contribution in [0.2, 0.25) is 5.02 Å². The zero-order valence-electron chi connectivity index (χ0n) is 11.1. The number of rotatable bonds is 5. The van der Waals surface area contributed by atoms with Crippen molar-refractivity contribution < 1.29 is 0 Å². The summed E-state index contributed by atoms with van der Waals surface area (Å²) >= 11 is 8.02. The van der Waals surface area contributed by atoms with Gasteiger partial charge < -0.3 is 5.32 Å². The Kier molecular flexibility index (Phi) is 5.32. The molecule has 2 atom stereocenters. The van der Waals surface area contributed by atoms with Crippen LogP contribution in [0.1, 0.15) is 18.5 Å². The molecule has 1 N–H and O–H groups in total. The lowest BCUT2D eigenvalue weighted by Gasteiger charge is -2.24. The van der Waals surface area contributed by atoms with Gasteiger partial charge in [0.25, 0.3) is 0 Å². The van der Waals surface area contributed by atoms with E-state index in [1.54, 1.807) is 11.8 Å². The normalized spacial score (nSPS) is 14.1. The molecule has 0 bridgehead atoms. The first-order valence-corrected chi connectivity index (χ1v) is 7.61. The minimum atomic E-state index is 0.308. The van der Waals surface area contributed by atoms with Crippen molar-refractivity contribution in [2.45, 2.75) is 23.1 Å². The first kappa shape index (κ1) is 14.4. The zero-order valence-corrected chi connectivity index (χ0v) is 12.7. The molecule has 1 nitrogen and oxygen atoms in total. The smallest absolute Gasteiger partial charge is 0.0541 e. The molecule has 3 heteroatoms. The van der Waals surface area contributed by atoms with E-state index in [2.05, 4.69) is 42.6 Å². The number of halogens is 1. The molecule has 0 heterocycles. The molecule has 2 aromatic rings. The topological polar surface area (TPSA) is 12.0 Å². The summed E-state index contributed by atoms with van der Waals surface area (Å²) in [5, 5.41) is 4.61. The maximum atomic E-state index is 6.22. The molecule has 0 aliphatic heterocycles. The molecule has 2 aromatic carbocycles. The van der Waals surface area contributed by atoms with Crippen LogP contribution in [0.4, 0.5) is 0 Å². The van der Waals surface area contributed by atoms with Gasteiger partial charge in [0, 0.05) is 16.2 Å². The SMILES string of the molecule is CNC(c1ccccc1)C(C)Sc1ccccc1Cl. The predicted octanol–water partition coefficient (Wildman–Crippen LogP) is 4.78. The van der Waals surface area contributed by atoms with E-state index in [9.17, 15) is 0 Å². The van der Waals surface area contributed by atoms with Crippen LogP contribution in [0, 0.1) is 0 Å². The molecule has 0 aliphatic carbocycles. The summed E-state index contributed by atoms with van der Waals surface area (Å²) in [6.07, 6.45) is 0.